The van der Waals surface area contributed by atoms with Crippen LogP contribution in [0.5, 0.6) is 0 Å². The van der Waals surface area contributed by atoms with Crippen molar-refractivity contribution in [3.05, 3.63) is 0 Å². The Morgan fingerprint density at radius 2 is 2.05 bits per heavy atom. The van der Waals surface area contributed by atoms with Crippen LogP contribution in [-0.4, -0.2) is 76.6 Å². The first-order valence-electron chi connectivity index (χ1n) is 5.66. The standard InChI is InChI=1S/C10H16N2O7/c13-4-6-5-19-2-1-12(6)10(18)11-7(9(16)17)3-8(14)15/h6-7,13H,1-5H2,(H,11,18)(H,14,15)(H,16,17)/t6?,7-/m0/s1. The summed E-state index contributed by atoms with van der Waals surface area (Å²) in [5.74, 6) is -2.75. The van der Waals surface area contributed by atoms with Crippen LogP contribution < -0.4 is 5.32 Å². The summed E-state index contributed by atoms with van der Waals surface area (Å²) in [6.45, 7) is 0.321. The van der Waals surface area contributed by atoms with Crippen LogP contribution in [0.15, 0.2) is 0 Å². The molecule has 0 radical (unpaired) electrons. The first-order valence-corrected chi connectivity index (χ1v) is 5.66. The molecule has 1 fully saturated rings. The number of morpholine rings is 1. The highest BCUT2D eigenvalue weighted by atomic mass is 16.5. The zero-order valence-corrected chi connectivity index (χ0v) is 10.1. The molecule has 0 bridgehead atoms. The van der Waals surface area contributed by atoms with E-state index in [-0.39, 0.29) is 26.4 Å². The first kappa shape index (κ1) is 15.2. The largest absolute Gasteiger partial charge is 0.481 e. The highest BCUT2D eigenvalue weighted by molar-refractivity contribution is 5.86. The minimum Gasteiger partial charge on any atom is -0.481 e. The summed E-state index contributed by atoms with van der Waals surface area (Å²) in [4.78, 5) is 34.4. The summed E-state index contributed by atoms with van der Waals surface area (Å²) >= 11 is 0. The van der Waals surface area contributed by atoms with Gasteiger partial charge in [0.2, 0.25) is 0 Å². The number of ether oxygens (including phenoxy) is 1. The Labute approximate surface area is 108 Å². The zero-order valence-electron chi connectivity index (χ0n) is 10.1. The Bertz CT molecular complexity index is 360. The number of hydrogen-bond donors (Lipinski definition) is 4. The van der Waals surface area contributed by atoms with Crippen LogP contribution in [0.25, 0.3) is 0 Å². The molecule has 0 saturated carbocycles. The lowest BCUT2D eigenvalue weighted by atomic mass is 10.2. The average molecular weight is 276 g/mol. The molecule has 9 nitrogen and oxygen atoms in total. The number of carboxylic acid groups (broad SMARTS) is 2. The molecule has 1 unspecified atom stereocenters. The van der Waals surface area contributed by atoms with Gasteiger partial charge in [-0.25, -0.2) is 9.59 Å². The third kappa shape index (κ3) is 4.38. The quantitative estimate of drug-likeness (QED) is 0.470. The molecule has 4 N–H and O–H groups in total. The first-order chi connectivity index (χ1) is 8.95. The zero-order chi connectivity index (χ0) is 14.4. The normalized spacial score (nSPS) is 20.7. The van der Waals surface area contributed by atoms with E-state index in [1.807, 2.05) is 0 Å². The van der Waals surface area contributed by atoms with Gasteiger partial charge in [0.25, 0.3) is 0 Å². The second-order valence-corrected chi connectivity index (χ2v) is 4.04. The number of urea groups is 1. The minimum absolute atomic E-state index is 0.153. The number of rotatable bonds is 5. The number of carbonyl (C=O) groups excluding carboxylic acids is 1. The van der Waals surface area contributed by atoms with Gasteiger partial charge < -0.3 is 30.3 Å². The van der Waals surface area contributed by atoms with Crippen LogP contribution >= 0.6 is 0 Å². The Hall–Kier alpha value is -1.87. The van der Waals surface area contributed by atoms with Crippen LogP contribution in [0, 0.1) is 0 Å². The highest BCUT2D eigenvalue weighted by Gasteiger charge is 2.30. The van der Waals surface area contributed by atoms with E-state index in [1.165, 1.54) is 4.90 Å². The molecule has 1 rings (SSSR count). The van der Waals surface area contributed by atoms with Crippen molar-refractivity contribution in [2.75, 3.05) is 26.4 Å². The fraction of sp³-hybridized carbons (Fsp3) is 0.700. The van der Waals surface area contributed by atoms with E-state index in [9.17, 15) is 14.4 Å². The summed E-state index contributed by atoms with van der Waals surface area (Å²) < 4.78 is 5.08. The maximum absolute atomic E-state index is 11.9. The van der Waals surface area contributed by atoms with Crippen molar-refractivity contribution in [3.63, 3.8) is 0 Å². The van der Waals surface area contributed by atoms with Gasteiger partial charge in [0.15, 0.2) is 0 Å². The van der Waals surface area contributed by atoms with Crippen molar-refractivity contribution in [3.8, 4) is 0 Å². The van der Waals surface area contributed by atoms with Gasteiger partial charge in [0.1, 0.15) is 6.04 Å². The smallest absolute Gasteiger partial charge is 0.326 e. The summed E-state index contributed by atoms with van der Waals surface area (Å²) in [5.41, 5.74) is 0. The predicted molar refractivity (Wildman–Crippen MR) is 60.6 cm³/mol. The van der Waals surface area contributed by atoms with E-state index < -0.39 is 36.5 Å². The maximum atomic E-state index is 11.9. The van der Waals surface area contributed by atoms with E-state index in [0.29, 0.717) is 0 Å². The monoisotopic (exact) mass is 276 g/mol. The van der Waals surface area contributed by atoms with Gasteiger partial charge in [-0.15, -0.1) is 0 Å². The van der Waals surface area contributed by atoms with Crippen molar-refractivity contribution in [1.29, 1.82) is 0 Å². The fourth-order valence-electron chi connectivity index (χ4n) is 1.68. The molecule has 1 aliphatic rings. The van der Waals surface area contributed by atoms with Gasteiger partial charge in [-0.2, -0.15) is 0 Å². The number of nitrogens with zero attached hydrogens (tertiary/aromatic N) is 1. The van der Waals surface area contributed by atoms with Crippen molar-refractivity contribution in [2.45, 2.75) is 18.5 Å². The number of carbonyl (C=O) groups is 3. The predicted octanol–water partition coefficient (Wildman–Crippen LogP) is -1.68. The van der Waals surface area contributed by atoms with Crippen molar-refractivity contribution in [2.24, 2.45) is 0 Å². The van der Waals surface area contributed by atoms with E-state index in [0.717, 1.165) is 0 Å². The summed E-state index contributed by atoms with van der Waals surface area (Å²) in [5, 5.41) is 28.6. The number of amides is 2. The molecule has 0 aliphatic carbocycles. The SMILES string of the molecule is O=C(O)C[C@H](NC(=O)N1CCOCC1CO)C(=O)O. The third-order valence-corrected chi connectivity index (χ3v) is 2.67. The molecule has 0 aromatic heterocycles. The van der Waals surface area contributed by atoms with Gasteiger partial charge in [0, 0.05) is 6.54 Å². The van der Waals surface area contributed by atoms with Crippen LogP contribution in [-0.2, 0) is 14.3 Å². The molecule has 0 aromatic carbocycles. The summed E-state index contributed by atoms with van der Waals surface area (Å²) in [6, 6.07) is -2.80. The second-order valence-electron chi connectivity index (χ2n) is 4.04. The lowest BCUT2D eigenvalue weighted by Gasteiger charge is -2.35. The lowest BCUT2D eigenvalue weighted by Crippen LogP contribution is -2.56. The Balaban J connectivity index is 2.64. The van der Waals surface area contributed by atoms with Gasteiger partial charge in [-0.1, -0.05) is 0 Å². The minimum atomic E-state index is -1.51. The highest BCUT2D eigenvalue weighted by Crippen LogP contribution is 2.07. The summed E-state index contributed by atoms with van der Waals surface area (Å²) in [6.07, 6.45) is -0.713. The van der Waals surface area contributed by atoms with Crippen LogP contribution in [0.3, 0.4) is 0 Å². The van der Waals surface area contributed by atoms with Crippen molar-refractivity contribution in [1.82, 2.24) is 10.2 Å². The Morgan fingerprint density at radius 1 is 1.37 bits per heavy atom. The Morgan fingerprint density at radius 3 is 2.58 bits per heavy atom. The van der Waals surface area contributed by atoms with E-state index in [1.54, 1.807) is 0 Å². The van der Waals surface area contributed by atoms with Crippen LogP contribution in [0.1, 0.15) is 6.42 Å². The number of hydrogen-bond acceptors (Lipinski definition) is 5. The van der Waals surface area contributed by atoms with Gasteiger partial charge in [0.05, 0.1) is 32.3 Å². The molecule has 2 atom stereocenters. The molecular weight excluding hydrogens is 260 g/mol. The molecule has 1 aliphatic heterocycles. The average Bonchev–Trinajstić information content (AvgIpc) is 2.37. The molecule has 0 spiro atoms. The number of aliphatic carboxylic acids is 2. The number of carboxylic acids is 2. The van der Waals surface area contributed by atoms with Crippen LogP contribution in [0.2, 0.25) is 0 Å². The lowest BCUT2D eigenvalue weighted by molar-refractivity contribution is -0.145. The van der Waals surface area contributed by atoms with Crippen molar-refractivity contribution < 1.29 is 34.4 Å². The van der Waals surface area contributed by atoms with E-state index >= 15 is 0 Å². The second kappa shape index (κ2) is 6.90. The molecule has 1 heterocycles. The Kier molecular flexibility index (Phi) is 5.52. The summed E-state index contributed by atoms with van der Waals surface area (Å²) in [7, 11) is 0. The number of aliphatic hydroxyl groups excluding tert-OH is 1. The molecular formula is C10H16N2O7. The van der Waals surface area contributed by atoms with E-state index in [4.69, 9.17) is 20.1 Å². The fourth-order valence-corrected chi connectivity index (χ4v) is 1.68. The molecule has 2 amide bonds. The van der Waals surface area contributed by atoms with E-state index in [2.05, 4.69) is 5.32 Å². The molecule has 108 valence electrons. The number of nitrogens with one attached hydrogen (secondary N) is 1. The third-order valence-electron chi connectivity index (χ3n) is 2.67. The van der Waals surface area contributed by atoms with Gasteiger partial charge in [-0.05, 0) is 0 Å². The van der Waals surface area contributed by atoms with Crippen molar-refractivity contribution >= 4 is 18.0 Å². The molecule has 0 aromatic rings. The van der Waals surface area contributed by atoms with Crippen LogP contribution in [0.4, 0.5) is 4.79 Å². The maximum Gasteiger partial charge on any atom is 0.326 e. The topological polar surface area (TPSA) is 136 Å². The number of aliphatic hydroxyl groups is 1. The molecule has 1 saturated heterocycles. The molecule has 19 heavy (non-hydrogen) atoms. The molecule has 9 heteroatoms. The van der Waals surface area contributed by atoms with Gasteiger partial charge in [-0.3, -0.25) is 4.79 Å². The van der Waals surface area contributed by atoms with Gasteiger partial charge >= 0.3 is 18.0 Å².